The molecule has 1 saturated heterocycles. The lowest BCUT2D eigenvalue weighted by Gasteiger charge is -2.14. The minimum absolute atomic E-state index is 0.0530. The van der Waals surface area contributed by atoms with E-state index in [2.05, 4.69) is 20.2 Å². The van der Waals surface area contributed by atoms with Crippen LogP contribution in [0, 0.1) is 0 Å². The Hall–Kier alpha value is -3.45. The van der Waals surface area contributed by atoms with Gasteiger partial charge in [-0.2, -0.15) is 0 Å². The van der Waals surface area contributed by atoms with Crippen LogP contribution in [-0.4, -0.2) is 46.3 Å². The van der Waals surface area contributed by atoms with Crippen LogP contribution in [0.3, 0.4) is 0 Å². The van der Waals surface area contributed by atoms with Gasteiger partial charge in [-0.25, -0.2) is 4.98 Å². The monoisotopic (exact) mass is 389 g/mol. The Morgan fingerprint density at radius 3 is 2.69 bits per heavy atom. The summed E-state index contributed by atoms with van der Waals surface area (Å²) in [6.07, 6.45) is 7.43. The maximum atomic E-state index is 12.3. The molecule has 29 heavy (non-hydrogen) atoms. The molecule has 1 aliphatic rings. The number of fused-ring (bicyclic) bond motifs is 1. The van der Waals surface area contributed by atoms with Crippen LogP contribution in [0.25, 0.3) is 22.7 Å². The van der Waals surface area contributed by atoms with Gasteiger partial charge in [0.25, 0.3) is 0 Å². The number of carbonyl (C=O) groups excluding carboxylic acids is 2. The number of nitrogens with two attached hydrogens (primary N) is 1. The average Bonchev–Trinajstić information content (AvgIpc) is 3.36. The van der Waals surface area contributed by atoms with Gasteiger partial charge in [-0.3, -0.25) is 14.5 Å². The van der Waals surface area contributed by atoms with E-state index in [-0.39, 0.29) is 5.91 Å². The second-order valence-electron chi connectivity index (χ2n) is 7.18. The fraction of sp³-hybridized carbons (Fsp3) is 0.227. The molecule has 7 heteroatoms. The number of aromatic nitrogens is 2. The van der Waals surface area contributed by atoms with Crippen molar-refractivity contribution in [2.75, 3.05) is 25.0 Å². The molecule has 4 rings (SSSR count). The van der Waals surface area contributed by atoms with E-state index in [1.807, 2.05) is 36.4 Å². The van der Waals surface area contributed by atoms with Crippen molar-refractivity contribution in [2.45, 2.75) is 12.8 Å². The van der Waals surface area contributed by atoms with E-state index < -0.39 is 5.91 Å². The fourth-order valence-electron chi connectivity index (χ4n) is 3.63. The molecule has 1 aliphatic heterocycles. The molecule has 148 valence electrons. The summed E-state index contributed by atoms with van der Waals surface area (Å²) >= 11 is 0. The van der Waals surface area contributed by atoms with Crippen LogP contribution in [0.5, 0.6) is 0 Å². The number of pyridine rings is 1. The Bertz CT molecular complexity index is 1070. The van der Waals surface area contributed by atoms with Crippen LogP contribution in [0.4, 0.5) is 5.69 Å². The maximum Gasteiger partial charge on any atom is 0.249 e. The molecule has 0 unspecified atom stereocenters. The van der Waals surface area contributed by atoms with Crippen molar-refractivity contribution >= 4 is 40.2 Å². The fourth-order valence-corrected chi connectivity index (χ4v) is 3.63. The number of H-pyrrole nitrogens is 1. The first kappa shape index (κ1) is 18.9. The Balaban J connectivity index is 1.61. The lowest BCUT2D eigenvalue weighted by atomic mass is 10.0. The number of primary amides is 1. The number of aromatic amines is 1. The van der Waals surface area contributed by atoms with E-state index in [1.165, 1.54) is 0 Å². The van der Waals surface area contributed by atoms with Gasteiger partial charge in [-0.15, -0.1) is 0 Å². The van der Waals surface area contributed by atoms with Gasteiger partial charge in [0.05, 0.1) is 18.4 Å². The molecule has 7 nitrogen and oxygen atoms in total. The second-order valence-corrected chi connectivity index (χ2v) is 7.18. The van der Waals surface area contributed by atoms with E-state index in [0.717, 1.165) is 42.4 Å². The smallest absolute Gasteiger partial charge is 0.249 e. The van der Waals surface area contributed by atoms with Crippen molar-refractivity contribution in [2.24, 2.45) is 5.73 Å². The van der Waals surface area contributed by atoms with Crippen molar-refractivity contribution in [3.05, 3.63) is 59.9 Å². The molecule has 3 heterocycles. The Morgan fingerprint density at radius 1 is 1.21 bits per heavy atom. The van der Waals surface area contributed by atoms with Gasteiger partial charge in [0.1, 0.15) is 5.65 Å². The summed E-state index contributed by atoms with van der Waals surface area (Å²) in [5.74, 6) is -0.559. The van der Waals surface area contributed by atoms with Crippen molar-refractivity contribution < 1.29 is 9.59 Å². The minimum Gasteiger partial charge on any atom is -0.366 e. The van der Waals surface area contributed by atoms with Gasteiger partial charge >= 0.3 is 0 Å². The molecule has 0 aliphatic carbocycles. The minimum atomic E-state index is -0.506. The highest BCUT2D eigenvalue weighted by Crippen LogP contribution is 2.25. The zero-order chi connectivity index (χ0) is 20.2. The van der Waals surface area contributed by atoms with Crippen molar-refractivity contribution in [3.8, 4) is 0 Å². The van der Waals surface area contributed by atoms with Gasteiger partial charge in [-0.05, 0) is 43.6 Å². The van der Waals surface area contributed by atoms with Gasteiger partial charge in [0, 0.05) is 22.7 Å². The summed E-state index contributed by atoms with van der Waals surface area (Å²) < 4.78 is 0. The zero-order valence-electron chi connectivity index (χ0n) is 16.0. The van der Waals surface area contributed by atoms with Crippen molar-refractivity contribution in [1.29, 1.82) is 0 Å². The van der Waals surface area contributed by atoms with Crippen molar-refractivity contribution in [3.63, 3.8) is 0 Å². The van der Waals surface area contributed by atoms with E-state index in [4.69, 9.17) is 5.73 Å². The standard InChI is InChI=1S/C22H23N5O2/c23-21(29)18(15-6-2-1-3-7-15)10-16-12-24-22-19(16)11-17(13-25-22)26-20(28)14-27-8-4-5-9-27/h1-3,6-7,10-13H,4-5,8-9,14H2,(H2,23,29)(H,24,25)(H,26,28). The van der Waals surface area contributed by atoms with Gasteiger partial charge < -0.3 is 16.0 Å². The van der Waals surface area contributed by atoms with E-state index >= 15 is 0 Å². The first-order valence-electron chi connectivity index (χ1n) is 9.66. The van der Waals surface area contributed by atoms with E-state index in [1.54, 1.807) is 18.5 Å². The van der Waals surface area contributed by atoms with Gasteiger partial charge in [0.15, 0.2) is 0 Å². The first-order chi connectivity index (χ1) is 14.1. The number of likely N-dealkylation sites (tertiary alicyclic amines) is 1. The third-order valence-corrected chi connectivity index (χ3v) is 5.06. The third-order valence-electron chi connectivity index (χ3n) is 5.06. The van der Waals surface area contributed by atoms with Gasteiger partial charge in [0.2, 0.25) is 11.8 Å². The highest BCUT2D eigenvalue weighted by Gasteiger charge is 2.16. The number of hydrogen-bond acceptors (Lipinski definition) is 4. The quantitative estimate of drug-likeness (QED) is 0.564. The summed E-state index contributed by atoms with van der Waals surface area (Å²) in [5, 5.41) is 3.72. The SMILES string of the molecule is NC(=O)C(=Cc1c[nH]c2ncc(NC(=O)CN3CCCC3)cc12)c1ccccc1. The van der Waals surface area contributed by atoms with Crippen LogP contribution < -0.4 is 11.1 Å². The molecular weight excluding hydrogens is 366 g/mol. The number of nitrogens with one attached hydrogen (secondary N) is 2. The molecule has 1 fully saturated rings. The van der Waals surface area contributed by atoms with Gasteiger partial charge in [-0.1, -0.05) is 30.3 Å². The summed E-state index contributed by atoms with van der Waals surface area (Å²) in [6, 6.07) is 11.1. The maximum absolute atomic E-state index is 12.3. The first-order valence-corrected chi connectivity index (χ1v) is 9.66. The number of carbonyl (C=O) groups is 2. The molecular formula is C22H23N5O2. The third kappa shape index (κ3) is 4.35. The van der Waals surface area contributed by atoms with Crippen LogP contribution >= 0.6 is 0 Å². The number of hydrogen-bond donors (Lipinski definition) is 3. The molecule has 3 aromatic rings. The number of nitrogens with zero attached hydrogens (tertiary/aromatic N) is 2. The number of benzene rings is 1. The van der Waals surface area contributed by atoms with E-state index in [9.17, 15) is 9.59 Å². The Kier molecular flexibility index (Phi) is 5.39. The van der Waals surface area contributed by atoms with Crippen molar-refractivity contribution in [1.82, 2.24) is 14.9 Å². The summed E-state index contributed by atoms with van der Waals surface area (Å²) in [7, 11) is 0. The molecule has 0 saturated carbocycles. The lowest BCUT2D eigenvalue weighted by Crippen LogP contribution is -2.30. The second kappa shape index (κ2) is 8.28. The van der Waals surface area contributed by atoms with E-state index in [0.29, 0.717) is 23.5 Å². The predicted octanol–water partition coefficient (Wildman–Crippen LogP) is 2.62. The highest BCUT2D eigenvalue weighted by atomic mass is 16.2. The number of anilines is 1. The molecule has 4 N–H and O–H groups in total. The topological polar surface area (TPSA) is 104 Å². The molecule has 0 spiro atoms. The highest BCUT2D eigenvalue weighted by molar-refractivity contribution is 6.24. The molecule has 2 aromatic heterocycles. The molecule has 0 radical (unpaired) electrons. The summed E-state index contributed by atoms with van der Waals surface area (Å²) in [5.41, 5.74) is 8.84. The predicted molar refractivity (Wildman–Crippen MR) is 114 cm³/mol. The number of amides is 2. The lowest BCUT2D eigenvalue weighted by molar-refractivity contribution is -0.117. The summed E-state index contributed by atoms with van der Waals surface area (Å²) in [6.45, 7) is 2.32. The van der Waals surface area contributed by atoms with Crippen LogP contribution in [-0.2, 0) is 9.59 Å². The molecule has 1 aromatic carbocycles. The Morgan fingerprint density at radius 2 is 1.97 bits per heavy atom. The van der Waals surface area contributed by atoms with Crippen LogP contribution in [0.1, 0.15) is 24.0 Å². The zero-order valence-corrected chi connectivity index (χ0v) is 16.0. The largest absolute Gasteiger partial charge is 0.366 e. The van der Waals surface area contributed by atoms with Crippen LogP contribution in [0.2, 0.25) is 0 Å². The number of rotatable bonds is 6. The summed E-state index contributed by atoms with van der Waals surface area (Å²) in [4.78, 5) is 33.9. The normalized spacial score (nSPS) is 15.0. The van der Waals surface area contributed by atoms with Crippen LogP contribution in [0.15, 0.2) is 48.8 Å². The average molecular weight is 389 g/mol. The molecule has 0 atom stereocenters. The molecule has 2 amide bonds. The Labute approximate surface area is 168 Å². The molecule has 0 bridgehead atoms.